The molecular weight excluding hydrogens is 328 g/mol. The molecule has 26 heavy (non-hydrogen) atoms. The van der Waals surface area contributed by atoms with E-state index < -0.39 is 0 Å². The molecule has 0 saturated heterocycles. The van der Waals surface area contributed by atoms with Crippen LogP contribution in [0.2, 0.25) is 0 Å². The highest BCUT2D eigenvalue weighted by Crippen LogP contribution is 2.27. The molecule has 1 heterocycles. The van der Waals surface area contributed by atoms with Crippen molar-refractivity contribution >= 4 is 34.0 Å². The first-order valence-corrected chi connectivity index (χ1v) is 8.34. The van der Waals surface area contributed by atoms with Gasteiger partial charge in [0.15, 0.2) is 0 Å². The van der Waals surface area contributed by atoms with Crippen LogP contribution in [0.1, 0.15) is 5.56 Å². The molecule has 4 aromatic rings. The molecule has 0 unspecified atom stereocenters. The van der Waals surface area contributed by atoms with Crippen molar-refractivity contribution in [3.8, 4) is 5.75 Å². The topological polar surface area (TPSA) is 82.7 Å². The number of hydrogen-bond donors (Lipinski definition) is 3. The summed E-state index contributed by atoms with van der Waals surface area (Å²) in [5.74, 6) is 0.699. The van der Waals surface area contributed by atoms with Crippen LogP contribution in [0, 0.1) is 0 Å². The van der Waals surface area contributed by atoms with Crippen LogP contribution in [0.4, 0.5) is 5.95 Å². The lowest BCUT2D eigenvalue weighted by Crippen LogP contribution is -2.06. The molecule has 0 bridgehead atoms. The van der Waals surface area contributed by atoms with Gasteiger partial charge in [-0.2, -0.15) is 5.10 Å². The van der Waals surface area contributed by atoms with Crippen molar-refractivity contribution in [3.63, 3.8) is 0 Å². The highest BCUT2D eigenvalue weighted by Gasteiger charge is 2.12. The molecule has 0 saturated carbocycles. The molecule has 130 valence electrons. The molecule has 3 N–H and O–H groups in total. The number of para-hydroxylation sites is 1. The first-order chi connectivity index (χ1) is 12.8. The summed E-state index contributed by atoms with van der Waals surface area (Å²) in [5, 5.41) is 25.6. The van der Waals surface area contributed by atoms with E-state index in [-0.39, 0.29) is 12.4 Å². The number of aliphatic hydroxyl groups excluding tert-OH is 1. The number of phenolic OH excluding ortho intramolecular Hbond substituents is 1. The highest BCUT2D eigenvalue weighted by molar-refractivity contribution is 6.05. The van der Waals surface area contributed by atoms with Gasteiger partial charge in [0.25, 0.3) is 0 Å². The van der Waals surface area contributed by atoms with Gasteiger partial charge in [-0.25, -0.2) is 10.4 Å². The smallest absolute Gasteiger partial charge is 0.224 e. The number of fused-ring (bicyclic) bond motifs is 3. The second-order valence-corrected chi connectivity index (χ2v) is 5.89. The Morgan fingerprint density at radius 2 is 1.85 bits per heavy atom. The number of aliphatic hydroxyl groups is 1. The largest absolute Gasteiger partial charge is 0.507 e. The Balaban J connectivity index is 1.75. The van der Waals surface area contributed by atoms with Gasteiger partial charge in [0.1, 0.15) is 5.75 Å². The van der Waals surface area contributed by atoms with E-state index in [2.05, 4.69) is 15.5 Å². The Bertz CT molecular complexity index is 1100. The number of anilines is 1. The first kappa shape index (κ1) is 16.1. The van der Waals surface area contributed by atoms with E-state index in [0.717, 1.165) is 21.8 Å². The van der Waals surface area contributed by atoms with E-state index in [9.17, 15) is 10.2 Å². The normalized spacial score (nSPS) is 11.6. The monoisotopic (exact) mass is 346 g/mol. The quantitative estimate of drug-likeness (QED) is 0.382. The minimum Gasteiger partial charge on any atom is -0.507 e. The van der Waals surface area contributed by atoms with Crippen LogP contribution < -0.4 is 5.43 Å². The molecule has 0 atom stereocenters. The Morgan fingerprint density at radius 3 is 2.69 bits per heavy atom. The van der Waals surface area contributed by atoms with E-state index >= 15 is 0 Å². The first-order valence-electron chi connectivity index (χ1n) is 8.34. The van der Waals surface area contributed by atoms with Crippen molar-refractivity contribution in [1.29, 1.82) is 0 Å². The maximum atomic E-state index is 9.81. The SMILES string of the molecule is OCCn1c(N/N=C/c2ccccc2O)nc2c3ccccc3ccc21. The van der Waals surface area contributed by atoms with Crippen molar-refractivity contribution < 1.29 is 10.2 Å². The molecule has 0 aliphatic rings. The summed E-state index contributed by atoms with van der Waals surface area (Å²) in [6, 6.07) is 19.1. The summed E-state index contributed by atoms with van der Waals surface area (Å²) in [6.07, 6.45) is 1.54. The predicted octanol–water partition coefficient (Wildman–Crippen LogP) is 3.33. The second-order valence-electron chi connectivity index (χ2n) is 5.89. The number of nitrogens with zero attached hydrogens (tertiary/aromatic N) is 3. The summed E-state index contributed by atoms with van der Waals surface area (Å²) in [4.78, 5) is 4.68. The van der Waals surface area contributed by atoms with Crippen molar-refractivity contribution in [2.45, 2.75) is 6.54 Å². The van der Waals surface area contributed by atoms with Gasteiger partial charge in [-0.3, -0.25) is 0 Å². The van der Waals surface area contributed by atoms with Crippen LogP contribution in [0.5, 0.6) is 5.75 Å². The number of hydrogen-bond acceptors (Lipinski definition) is 5. The van der Waals surface area contributed by atoms with Gasteiger partial charge in [-0.15, -0.1) is 0 Å². The third-order valence-electron chi connectivity index (χ3n) is 4.27. The maximum absolute atomic E-state index is 9.81. The predicted molar refractivity (Wildman–Crippen MR) is 104 cm³/mol. The van der Waals surface area contributed by atoms with E-state index in [1.54, 1.807) is 18.2 Å². The van der Waals surface area contributed by atoms with Crippen LogP contribution in [0.25, 0.3) is 21.8 Å². The van der Waals surface area contributed by atoms with Crippen LogP contribution in [-0.2, 0) is 6.54 Å². The molecule has 0 fully saturated rings. The Morgan fingerprint density at radius 1 is 1.04 bits per heavy atom. The Labute approximate surface area is 150 Å². The maximum Gasteiger partial charge on any atom is 0.224 e. The molecular formula is C20H18N4O2. The number of aromatic hydroxyl groups is 1. The molecule has 0 aliphatic carbocycles. The highest BCUT2D eigenvalue weighted by atomic mass is 16.3. The number of imidazole rings is 1. The lowest BCUT2D eigenvalue weighted by atomic mass is 10.1. The molecule has 6 nitrogen and oxygen atoms in total. The van der Waals surface area contributed by atoms with Crippen LogP contribution >= 0.6 is 0 Å². The fourth-order valence-corrected chi connectivity index (χ4v) is 3.03. The van der Waals surface area contributed by atoms with Gasteiger partial charge in [0, 0.05) is 17.5 Å². The van der Waals surface area contributed by atoms with Crippen LogP contribution in [0.15, 0.2) is 65.8 Å². The van der Waals surface area contributed by atoms with E-state index in [1.807, 2.05) is 47.0 Å². The number of aromatic nitrogens is 2. The molecule has 0 spiro atoms. The minimum absolute atomic E-state index is 0.00381. The number of nitrogens with one attached hydrogen (secondary N) is 1. The van der Waals surface area contributed by atoms with Crippen LogP contribution in [-0.4, -0.2) is 32.6 Å². The molecule has 0 radical (unpaired) electrons. The van der Waals surface area contributed by atoms with Gasteiger partial charge in [-0.1, -0.05) is 42.5 Å². The van der Waals surface area contributed by atoms with E-state index in [0.29, 0.717) is 18.1 Å². The Kier molecular flexibility index (Phi) is 4.25. The van der Waals surface area contributed by atoms with E-state index in [4.69, 9.17) is 0 Å². The number of rotatable bonds is 5. The van der Waals surface area contributed by atoms with Gasteiger partial charge < -0.3 is 14.8 Å². The van der Waals surface area contributed by atoms with Crippen molar-refractivity contribution in [3.05, 3.63) is 66.2 Å². The van der Waals surface area contributed by atoms with Gasteiger partial charge >= 0.3 is 0 Å². The number of benzene rings is 3. The van der Waals surface area contributed by atoms with E-state index in [1.165, 1.54) is 6.21 Å². The second kappa shape index (κ2) is 6.85. The van der Waals surface area contributed by atoms with Gasteiger partial charge in [0.2, 0.25) is 5.95 Å². The van der Waals surface area contributed by atoms with Crippen molar-refractivity contribution in [2.24, 2.45) is 5.10 Å². The fourth-order valence-electron chi connectivity index (χ4n) is 3.03. The summed E-state index contributed by atoms with van der Waals surface area (Å²) in [5.41, 5.74) is 5.32. The summed E-state index contributed by atoms with van der Waals surface area (Å²) in [7, 11) is 0. The molecule has 0 amide bonds. The Hall–Kier alpha value is -3.38. The lowest BCUT2D eigenvalue weighted by Gasteiger charge is -2.06. The number of hydrazone groups is 1. The molecule has 0 aliphatic heterocycles. The van der Waals surface area contributed by atoms with Crippen LogP contribution in [0.3, 0.4) is 0 Å². The zero-order valence-corrected chi connectivity index (χ0v) is 14.0. The lowest BCUT2D eigenvalue weighted by molar-refractivity contribution is 0.278. The summed E-state index contributed by atoms with van der Waals surface area (Å²) < 4.78 is 1.89. The van der Waals surface area contributed by atoms with Gasteiger partial charge in [-0.05, 0) is 23.6 Å². The zero-order chi connectivity index (χ0) is 17.9. The average Bonchev–Trinajstić information content (AvgIpc) is 3.02. The summed E-state index contributed by atoms with van der Waals surface area (Å²) in [6.45, 7) is 0.402. The molecule has 6 heteroatoms. The third-order valence-corrected chi connectivity index (χ3v) is 4.27. The summed E-state index contributed by atoms with van der Waals surface area (Å²) >= 11 is 0. The third kappa shape index (κ3) is 2.87. The van der Waals surface area contributed by atoms with Crippen molar-refractivity contribution in [2.75, 3.05) is 12.0 Å². The minimum atomic E-state index is -0.00381. The standard InChI is InChI=1S/C20H18N4O2/c25-12-11-24-17-10-9-14-5-1-3-7-16(14)19(17)22-20(24)23-21-13-15-6-2-4-8-18(15)26/h1-10,13,25-26H,11-12H2,(H,22,23)/b21-13+. The molecule has 4 rings (SSSR count). The van der Waals surface area contributed by atoms with Crippen molar-refractivity contribution in [1.82, 2.24) is 9.55 Å². The number of phenols is 1. The molecule has 3 aromatic carbocycles. The zero-order valence-electron chi connectivity index (χ0n) is 14.0. The average molecular weight is 346 g/mol. The van der Waals surface area contributed by atoms with Gasteiger partial charge in [0.05, 0.1) is 23.9 Å². The fraction of sp³-hybridized carbons (Fsp3) is 0.100. The molecule has 1 aromatic heterocycles.